The molecule has 33 heavy (non-hydrogen) atoms. The summed E-state index contributed by atoms with van der Waals surface area (Å²) >= 11 is 0. The van der Waals surface area contributed by atoms with Gasteiger partial charge in [-0.1, -0.05) is 6.07 Å². The fraction of sp³-hybridized carbons (Fsp3) is 0.364. The van der Waals surface area contributed by atoms with E-state index in [0.29, 0.717) is 12.8 Å². The summed E-state index contributed by atoms with van der Waals surface area (Å²) in [7, 11) is 0. The van der Waals surface area contributed by atoms with E-state index in [0.717, 1.165) is 17.2 Å². The first-order chi connectivity index (χ1) is 15.7. The lowest BCUT2D eigenvalue weighted by atomic mass is 9.53. The van der Waals surface area contributed by atoms with E-state index in [1.54, 1.807) is 18.2 Å². The highest BCUT2D eigenvalue weighted by Crippen LogP contribution is 2.56. The molecule has 0 bridgehead atoms. The van der Waals surface area contributed by atoms with E-state index in [4.69, 9.17) is 10.5 Å². The number of fused-ring (bicyclic) bond motifs is 1. The summed E-state index contributed by atoms with van der Waals surface area (Å²) in [5.41, 5.74) is 5.44. The number of rotatable bonds is 5. The highest BCUT2D eigenvalue weighted by atomic mass is 19.4. The second kappa shape index (κ2) is 7.46. The van der Waals surface area contributed by atoms with Crippen molar-refractivity contribution in [3.8, 4) is 5.88 Å². The van der Waals surface area contributed by atoms with Crippen LogP contribution in [0, 0.1) is 5.41 Å². The van der Waals surface area contributed by atoms with Crippen LogP contribution in [0.25, 0.3) is 5.52 Å². The summed E-state index contributed by atoms with van der Waals surface area (Å²) in [5.74, 6) is -2.15. The maximum atomic E-state index is 13.3. The molecular weight excluding hydrogens is 439 g/mol. The maximum Gasteiger partial charge on any atom is 0.450 e. The molecule has 0 aromatic carbocycles. The molecule has 3 heterocycles. The molecule has 2 aliphatic rings. The van der Waals surface area contributed by atoms with Crippen molar-refractivity contribution in [2.24, 2.45) is 11.1 Å². The van der Waals surface area contributed by atoms with Crippen LogP contribution in [0.3, 0.4) is 0 Å². The van der Waals surface area contributed by atoms with E-state index in [-0.39, 0.29) is 40.2 Å². The average molecular weight is 459 g/mol. The Bertz CT molecular complexity index is 1240. The molecule has 0 radical (unpaired) electrons. The topological polar surface area (TPSA) is 112 Å². The van der Waals surface area contributed by atoms with Crippen molar-refractivity contribution in [3.05, 3.63) is 59.8 Å². The van der Waals surface area contributed by atoms with Gasteiger partial charge in [-0.3, -0.25) is 14.0 Å². The minimum atomic E-state index is -4.67. The molecule has 3 aromatic heterocycles. The predicted molar refractivity (Wildman–Crippen MR) is 110 cm³/mol. The number of ether oxygens (including phenoxy) is 1. The van der Waals surface area contributed by atoms with Gasteiger partial charge in [-0.2, -0.15) is 13.2 Å². The number of hydrogen-bond donors (Lipinski definition) is 2. The lowest BCUT2D eigenvalue weighted by Crippen LogP contribution is -2.58. The number of hydrogen-bond acceptors (Lipinski definition) is 5. The number of amides is 2. The first-order valence-corrected chi connectivity index (χ1v) is 10.4. The maximum absolute atomic E-state index is 13.3. The van der Waals surface area contributed by atoms with Crippen molar-refractivity contribution in [2.75, 3.05) is 0 Å². The van der Waals surface area contributed by atoms with Crippen molar-refractivity contribution in [2.45, 2.75) is 44.0 Å². The molecule has 0 unspecified atom stereocenters. The fourth-order valence-electron chi connectivity index (χ4n) is 4.90. The van der Waals surface area contributed by atoms with E-state index in [1.807, 2.05) is 0 Å². The van der Waals surface area contributed by atoms with Crippen LogP contribution >= 0.6 is 0 Å². The lowest BCUT2D eigenvalue weighted by Gasteiger charge is -2.57. The molecule has 8 nitrogen and oxygen atoms in total. The number of halogens is 3. The monoisotopic (exact) mass is 459 g/mol. The highest BCUT2D eigenvalue weighted by Gasteiger charge is 2.54. The summed E-state index contributed by atoms with van der Waals surface area (Å²) in [6, 6.07) is 7.46. The highest BCUT2D eigenvalue weighted by molar-refractivity contribution is 5.99. The van der Waals surface area contributed by atoms with Gasteiger partial charge in [0.15, 0.2) is 5.69 Å². The molecule has 1 spiro atoms. The number of pyridine rings is 2. The molecule has 3 aromatic rings. The third kappa shape index (κ3) is 3.77. The Hall–Kier alpha value is -3.63. The number of carbonyl (C=O) groups is 2. The van der Waals surface area contributed by atoms with Gasteiger partial charge in [0.1, 0.15) is 11.7 Å². The molecular formula is C22H20F3N5O3. The van der Waals surface area contributed by atoms with Gasteiger partial charge in [0.25, 0.3) is 11.8 Å². The molecule has 0 saturated heterocycles. The van der Waals surface area contributed by atoms with Crippen LogP contribution in [0.5, 0.6) is 5.88 Å². The number of carbonyl (C=O) groups excluding carboxylic acids is 2. The van der Waals surface area contributed by atoms with Gasteiger partial charge in [-0.15, -0.1) is 0 Å². The predicted octanol–water partition coefficient (Wildman–Crippen LogP) is 2.97. The summed E-state index contributed by atoms with van der Waals surface area (Å²) in [4.78, 5) is 31.9. The number of nitrogens with one attached hydrogen (secondary N) is 1. The van der Waals surface area contributed by atoms with E-state index < -0.39 is 23.8 Å². The molecule has 0 atom stereocenters. The molecule has 3 N–H and O–H groups in total. The summed E-state index contributed by atoms with van der Waals surface area (Å²) in [6.07, 6.45) is 0.838. The third-order valence-corrected chi connectivity index (χ3v) is 6.35. The summed E-state index contributed by atoms with van der Waals surface area (Å²) in [6.45, 7) is 0. The van der Waals surface area contributed by atoms with Gasteiger partial charge in [0.05, 0.1) is 5.52 Å². The second-order valence-electron chi connectivity index (χ2n) is 8.68. The van der Waals surface area contributed by atoms with Crippen molar-refractivity contribution in [3.63, 3.8) is 0 Å². The quantitative estimate of drug-likeness (QED) is 0.609. The minimum Gasteiger partial charge on any atom is -0.474 e. The Morgan fingerprint density at radius 3 is 2.61 bits per heavy atom. The Kier molecular flexibility index (Phi) is 4.80. The Morgan fingerprint density at radius 2 is 1.91 bits per heavy atom. The number of nitrogens with two attached hydrogens (primary N) is 1. The molecule has 2 fully saturated rings. The van der Waals surface area contributed by atoms with Crippen LogP contribution in [0.2, 0.25) is 0 Å². The van der Waals surface area contributed by atoms with Gasteiger partial charge in [0, 0.05) is 18.4 Å². The number of aromatic nitrogens is 3. The van der Waals surface area contributed by atoms with Crippen molar-refractivity contribution >= 4 is 17.3 Å². The molecule has 2 aliphatic carbocycles. The number of nitrogens with zero attached hydrogens (tertiary/aromatic N) is 3. The Balaban J connectivity index is 1.19. The van der Waals surface area contributed by atoms with Gasteiger partial charge < -0.3 is 15.8 Å². The standard InChI is InChI=1S/C22H20F3N5O3/c23-22(24,25)20-29-16(15-5-1-2-7-30(15)20)18(32)28-12-8-21(9-12)10-13(11-21)33-19-14(17(26)31)4-3-6-27-19/h1-7,12-13H,8-11H2,(H2,26,31)(H,28,32). The van der Waals surface area contributed by atoms with E-state index >= 15 is 0 Å². The van der Waals surface area contributed by atoms with Gasteiger partial charge in [-0.25, -0.2) is 9.97 Å². The van der Waals surface area contributed by atoms with Crippen LogP contribution in [-0.2, 0) is 6.18 Å². The van der Waals surface area contributed by atoms with Gasteiger partial charge >= 0.3 is 6.18 Å². The Labute approximate surface area is 186 Å². The molecule has 2 amide bonds. The zero-order valence-electron chi connectivity index (χ0n) is 17.3. The average Bonchev–Trinajstić information content (AvgIpc) is 3.11. The zero-order valence-corrected chi connectivity index (χ0v) is 17.3. The van der Waals surface area contributed by atoms with Crippen molar-refractivity contribution < 1.29 is 27.5 Å². The zero-order chi connectivity index (χ0) is 23.4. The summed E-state index contributed by atoms with van der Waals surface area (Å²) < 4.78 is 46.6. The summed E-state index contributed by atoms with van der Waals surface area (Å²) in [5, 5.41) is 2.81. The smallest absolute Gasteiger partial charge is 0.450 e. The lowest BCUT2D eigenvalue weighted by molar-refractivity contribution is -0.145. The number of alkyl halides is 3. The van der Waals surface area contributed by atoms with Crippen LogP contribution in [0.15, 0.2) is 42.7 Å². The molecule has 172 valence electrons. The van der Waals surface area contributed by atoms with Crippen molar-refractivity contribution in [1.29, 1.82) is 0 Å². The van der Waals surface area contributed by atoms with Crippen LogP contribution in [-0.4, -0.2) is 38.3 Å². The largest absolute Gasteiger partial charge is 0.474 e. The van der Waals surface area contributed by atoms with Crippen LogP contribution < -0.4 is 15.8 Å². The molecule has 5 rings (SSSR count). The SMILES string of the molecule is NC(=O)c1cccnc1OC1CC2(CC(NC(=O)c3nc(C(F)(F)F)n4ccccc34)C2)C1. The first-order valence-electron chi connectivity index (χ1n) is 10.4. The first kappa shape index (κ1) is 21.2. The number of imidazole rings is 1. The normalized spacial score (nSPS) is 24.2. The van der Waals surface area contributed by atoms with Gasteiger partial charge in [0.2, 0.25) is 11.7 Å². The van der Waals surface area contributed by atoms with E-state index in [2.05, 4.69) is 15.3 Å². The molecule has 0 aliphatic heterocycles. The van der Waals surface area contributed by atoms with E-state index in [1.165, 1.54) is 24.5 Å². The minimum absolute atomic E-state index is 0.0116. The Morgan fingerprint density at radius 1 is 1.15 bits per heavy atom. The third-order valence-electron chi connectivity index (χ3n) is 6.35. The van der Waals surface area contributed by atoms with Crippen LogP contribution in [0.4, 0.5) is 13.2 Å². The molecule has 11 heteroatoms. The van der Waals surface area contributed by atoms with Crippen LogP contribution in [0.1, 0.15) is 52.4 Å². The molecule has 2 saturated carbocycles. The van der Waals surface area contributed by atoms with E-state index in [9.17, 15) is 22.8 Å². The second-order valence-corrected chi connectivity index (χ2v) is 8.68. The van der Waals surface area contributed by atoms with Crippen molar-refractivity contribution in [1.82, 2.24) is 19.7 Å². The number of primary amides is 1. The van der Waals surface area contributed by atoms with Gasteiger partial charge in [-0.05, 0) is 55.4 Å². The fourth-order valence-corrected chi connectivity index (χ4v) is 4.90.